The molecule has 110 valence electrons. The van der Waals surface area contributed by atoms with E-state index in [-0.39, 0.29) is 29.4 Å². The number of hydrogen-bond acceptors (Lipinski definition) is 4. The lowest BCUT2D eigenvalue weighted by Crippen LogP contribution is -2.07. The fourth-order valence-electron chi connectivity index (χ4n) is 1.89. The smallest absolute Gasteiger partial charge is 0.166 e. The fraction of sp³-hybridized carbons (Fsp3) is 0.250. The fourth-order valence-corrected chi connectivity index (χ4v) is 1.89. The van der Waals surface area contributed by atoms with E-state index < -0.39 is 5.82 Å². The second kappa shape index (κ2) is 6.35. The lowest BCUT2D eigenvalue weighted by atomic mass is 10.1. The number of carbonyl (C=O) groups excluding carboxylic acids is 1. The molecule has 0 aliphatic rings. The number of nitrogens with zero attached hydrogens (tertiary/aromatic N) is 1. The highest BCUT2D eigenvalue weighted by Crippen LogP contribution is 2.24. The number of carbonyl (C=O) groups is 1. The van der Waals surface area contributed by atoms with Crippen LogP contribution in [0.15, 0.2) is 30.5 Å². The lowest BCUT2D eigenvalue weighted by Gasteiger charge is -2.11. The maximum atomic E-state index is 14.0. The first-order valence-electron chi connectivity index (χ1n) is 6.44. The van der Waals surface area contributed by atoms with Gasteiger partial charge in [0.15, 0.2) is 17.3 Å². The molecule has 4 nitrogen and oxygen atoms in total. The zero-order chi connectivity index (χ0) is 15.4. The van der Waals surface area contributed by atoms with E-state index in [1.54, 1.807) is 19.2 Å². The molecule has 0 aliphatic heterocycles. The standard InChI is InChI=1S/C16H16FNO3/c1-10-16(17)15(11(2)19)14(8-18-10)21-9-12-4-6-13(20-3)7-5-12/h4-8H,9H2,1-3H3. The zero-order valence-corrected chi connectivity index (χ0v) is 12.1. The normalized spacial score (nSPS) is 10.3. The summed E-state index contributed by atoms with van der Waals surface area (Å²) < 4.78 is 24.6. The maximum Gasteiger partial charge on any atom is 0.166 e. The molecule has 1 aromatic carbocycles. The Hall–Kier alpha value is -2.43. The third-order valence-electron chi connectivity index (χ3n) is 3.06. The van der Waals surface area contributed by atoms with Crippen LogP contribution in [0.1, 0.15) is 28.5 Å². The highest BCUT2D eigenvalue weighted by atomic mass is 19.1. The highest BCUT2D eigenvalue weighted by Gasteiger charge is 2.17. The van der Waals surface area contributed by atoms with Crippen molar-refractivity contribution in [1.29, 1.82) is 0 Å². The molecule has 0 spiro atoms. The van der Waals surface area contributed by atoms with Crippen LogP contribution >= 0.6 is 0 Å². The van der Waals surface area contributed by atoms with Crippen LogP contribution in [-0.2, 0) is 6.61 Å². The van der Waals surface area contributed by atoms with Crippen LogP contribution in [-0.4, -0.2) is 17.9 Å². The lowest BCUT2D eigenvalue weighted by molar-refractivity contribution is 0.100. The first kappa shape index (κ1) is 15.0. The number of pyridine rings is 1. The van der Waals surface area contributed by atoms with Gasteiger partial charge in [-0.3, -0.25) is 9.78 Å². The van der Waals surface area contributed by atoms with Gasteiger partial charge in [0.1, 0.15) is 12.4 Å². The number of benzene rings is 1. The van der Waals surface area contributed by atoms with Crippen molar-refractivity contribution < 1.29 is 18.7 Å². The summed E-state index contributed by atoms with van der Waals surface area (Å²) in [6.45, 7) is 3.03. The Labute approximate surface area is 122 Å². The molecule has 1 aromatic heterocycles. The predicted octanol–water partition coefficient (Wildman–Crippen LogP) is 3.32. The molecular formula is C16H16FNO3. The van der Waals surface area contributed by atoms with Crippen LogP contribution < -0.4 is 9.47 Å². The number of methoxy groups -OCH3 is 1. The molecule has 0 N–H and O–H groups in total. The molecule has 2 aromatic rings. The largest absolute Gasteiger partial charge is 0.497 e. The van der Waals surface area contributed by atoms with Gasteiger partial charge in [-0.05, 0) is 31.5 Å². The van der Waals surface area contributed by atoms with Crippen molar-refractivity contribution in [2.24, 2.45) is 0 Å². The molecule has 0 radical (unpaired) electrons. The maximum absolute atomic E-state index is 14.0. The molecule has 0 unspecified atom stereocenters. The van der Waals surface area contributed by atoms with Crippen LogP contribution in [0.5, 0.6) is 11.5 Å². The topological polar surface area (TPSA) is 48.4 Å². The quantitative estimate of drug-likeness (QED) is 0.792. The van der Waals surface area contributed by atoms with E-state index >= 15 is 0 Å². The minimum atomic E-state index is -0.630. The van der Waals surface area contributed by atoms with E-state index in [9.17, 15) is 9.18 Å². The van der Waals surface area contributed by atoms with E-state index in [0.717, 1.165) is 11.3 Å². The van der Waals surface area contributed by atoms with Gasteiger partial charge in [0, 0.05) is 0 Å². The summed E-state index contributed by atoms with van der Waals surface area (Å²) in [4.78, 5) is 15.5. The number of rotatable bonds is 5. The predicted molar refractivity (Wildman–Crippen MR) is 76.3 cm³/mol. The van der Waals surface area contributed by atoms with Gasteiger partial charge >= 0.3 is 0 Å². The molecular weight excluding hydrogens is 273 g/mol. The van der Waals surface area contributed by atoms with Crippen molar-refractivity contribution >= 4 is 5.78 Å². The molecule has 0 aliphatic carbocycles. The monoisotopic (exact) mass is 289 g/mol. The second-order valence-corrected chi connectivity index (χ2v) is 4.59. The summed E-state index contributed by atoms with van der Waals surface area (Å²) in [5.41, 5.74) is 0.999. The average molecular weight is 289 g/mol. The zero-order valence-electron chi connectivity index (χ0n) is 12.1. The highest BCUT2D eigenvalue weighted by molar-refractivity contribution is 5.97. The summed E-state index contributed by atoms with van der Waals surface area (Å²) in [7, 11) is 1.59. The minimum Gasteiger partial charge on any atom is -0.497 e. The van der Waals surface area contributed by atoms with E-state index in [1.165, 1.54) is 20.0 Å². The molecule has 2 rings (SSSR count). The van der Waals surface area contributed by atoms with Gasteiger partial charge in [0.2, 0.25) is 0 Å². The first-order valence-corrected chi connectivity index (χ1v) is 6.44. The van der Waals surface area contributed by atoms with Crippen molar-refractivity contribution in [2.45, 2.75) is 20.5 Å². The molecule has 0 amide bonds. The molecule has 5 heteroatoms. The molecule has 0 bridgehead atoms. The first-order chi connectivity index (χ1) is 10.0. The number of aromatic nitrogens is 1. The third kappa shape index (κ3) is 3.37. The average Bonchev–Trinajstić information content (AvgIpc) is 2.48. The Bertz CT molecular complexity index is 653. The number of ether oxygens (including phenoxy) is 2. The van der Waals surface area contributed by atoms with E-state index in [1.807, 2.05) is 12.1 Å². The van der Waals surface area contributed by atoms with Gasteiger partial charge in [0.25, 0.3) is 0 Å². The number of hydrogen-bond donors (Lipinski definition) is 0. The number of ketones is 1. The molecule has 1 heterocycles. The Morgan fingerprint density at radius 3 is 2.52 bits per heavy atom. The Balaban J connectivity index is 2.19. The Kier molecular flexibility index (Phi) is 4.52. The van der Waals surface area contributed by atoms with Crippen molar-refractivity contribution in [2.75, 3.05) is 7.11 Å². The van der Waals surface area contributed by atoms with Gasteiger partial charge in [-0.1, -0.05) is 12.1 Å². The SMILES string of the molecule is COc1ccc(COc2cnc(C)c(F)c2C(C)=O)cc1. The van der Waals surface area contributed by atoms with Gasteiger partial charge in [0.05, 0.1) is 24.6 Å². The number of halogens is 1. The Morgan fingerprint density at radius 2 is 1.95 bits per heavy atom. The molecule has 0 saturated heterocycles. The second-order valence-electron chi connectivity index (χ2n) is 4.59. The van der Waals surface area contributed by atoms with Gasteiger partial charge in [-0.2, -0.15) is 0 Å². The summed E-state index contributed by atoms with van der Waals surface area (Å²) in [6, 6.07) is 7.28. The summed E-state index contributed by atoms with van der Waals surface area (Å²) in [6.07, 6.45) is 1.37. The summed E-state index contributed by atoms with van der Waals surface area (Å²) in [5, 5.41) is 0. The van der Waals surface area contributed by atoms with Crippen LogP contribution in [0.4, 0.5) is 4.39 Å². The van der Waals surface area contributed by atoms with Crippen molar-refractivity contribution in [1.82, 2.24) is 4.98 Å². The van der Waals surface area contributed by atoms with Crippen LogP contribution in [0, 0.1) is 12.7 Å². The van der Waals surface area contributed by atoms with Gasteiger partial charge in [-0.25, -0.2) is 4.39 Å². The van der Waals surface area contributed by atoms with Gasteiger partial charge < -0.3 is 9.47 Å². The van der Waals surface area contributed by atoms with E-state index in [2.05, 4.69) is 4.98 Å². The van der Waals surface area contributed by atoms with E-state index in [0.29, 0.717) is 0 Å². The van der Waals surface area contributed by atoms with Crippen molar-refractivity contribution in [3.8, 4) is 11.5 Å². The summed E-state index contributed by atoms with van der Waals surface area (Å²) >= 11 is 0. The van der Waals surface area contributed by atoms with E-state index in [4.69, 9.17) is 9.47 Å². The molecule has 0 fully saturated rings. The Morgan fingerprint density at radius 1 is 1.29 bits per heavy atom. The van der Waals surface area contributed by atoms with Crippen LogP contribution in [0.3, 0.4) is 0 Å². The van der Waals surface area contributed by atoms with Crippen molar-refractivity contribution in [3.63, 3.8) is 0 Å². The van der Waals surface area contributed by atoms with Gasteiger partial charge in [-0.15, -0.1) is 0 Å². The van der Waals surface area contributed by atoms with Crippen molar-refractivity contribution in [3.05, 3.63) is 53.1 Å². The molecule has 21 heavy (non-hydrogen) atoms. The summed E-state index contributed by atoms with van der Waals surface area (Å²) in [5.74, 6) is -0.120. The third-order valence-corrected chi connectivity index (χ3v) is 3.06. The van der Waals surface area contributed by atoms with Crippen LogP contribution in [0.25, 0.3) is 0 Å². The van der Waals surface area contributed by atoms with Crippen LogP contribution in [0.2, 0.25) is 0 Å². The number of Topliss-reactive ketones (excluding diaryl/α,β-unsaturated/α-hetero) is 1. The number of aryl methyl sites for hydroxylation is 1. The minimum absolute atomic E-state index is 0.0592. The molecule has 0 saturated carbocycles. The molecule has 0 atom stereocenters.